The van der Waals surface area contributed by atoms with Gasteiger partial charge < -0.3 is 4.74 Å². The van der Waals surface area contributed by atoms with Crippen LogP contribution < -0.4 is 0 Å². The average molecular weight is 284 g/mol. The minimum atomic E-state index is -4.82. The molecule has 0 saturated heterocycles. The number of carbonyl (C=O) groups excluding carboxylic acids is 1. The number of esters is 1. The van der Waals surface area contributed by atoms with Crippen molar-refractivity contribution in [1.82, 2.24) is 0 Å². The van der Waals surface area contributed by atoms with Gasteiger partial charge in [-0.3, -0.25) is 10.1 Å². The van der Waals surface area contributed by atoms with Gasteiger partial charge in [0.05, 0.1) is 22.6 Å². The second-order valence-electron chi connectivity index (χ2n) is 3.10. The fourth-order valence-corrected chi connectivity index (χ4v) is 1.47. The highest BCUT2D eigenvalue weighted by molar-refractivity contribution is 6.31. The molecule has 0 unspecified atom stereocenters. The van der Waals surface area contributed by atoms with E-state index in [4.69, 9.17) is 11.6 Å². The lowest BCUT2D eigenvalue weighted by molar-refractivity contribution is -0.385. The van der Waals surface area contributed by atoms with E-state index in [1.54, 1.807) is 0 Å². The summed E-state index contributed by atoms with van der Waals surface area (Å²) < 4.78 is 41.7. The van der Waals surface area contributed by atoms with Crippen LogP contribution in [0.1, 0.15) is 15.9 Å². The molecule has 0 saturated carbocycles. The summed E-state index contributed by atoms with van der Waals surface area (Å²) in [5, 5.41) is 9.75. The number of ether oxygens (including phenoxy) is 1. The van der Waals surface area contributed by atoms with E-state index in [0.29, 0.717) is 12.1 Å². The maximum Gasteiger partial charge on any atom is 0.417 e. The maximum atomic E-state index is 12.5. The third-order valence-electron chi connectivity index (χ3n) is 1.99. The summed E-state index contributed by atoms with van der Waals surface area (Å²) >= 11 is 5.30. The quantitative estimate of drug-likeness (QED) is 0.475. The molecule has 0 radical (unpaired) electrons. The lowest BCUT2D eigenvalue weighted by Crippen LogP contribution is -2.11. The second kappa shape index (κ2) is 4.81. The van der Waals surface area contributed by atoms with E-state index in [0.717, 1.165) is 7.11 Å². The zero-order valence-electron chi connectivity index (χ0n) is 8.75. The first-order chi connectivity index (χ1) is 8.18. The summed E-state index contributed by atoms with van der Waals surface area (Å²) in [6.07, 6.45) is -4.82. The molecule has 1 rings (SSSR count). The molecule has 0 aliphatic carbocycles. The van der Waals surface area contributed by atoms with Crippen LogP contribution in [-0.2, 0) is 10.9 Å². The number of nitro groups is 1. The van der Waals surface area contributed by atoms with Crippen molar-refractivity contribution in [3.8, 4) is 0 Å². The molecular formula is C9H5ClF3NO4. The molecule has 0 bridgehead atoms. The smallest absolute Gasteiger partial charge is 0.417 e. The normalized spacial score (nSPS) is 11.2. The molecular weight excluding hydrogens is 279 g/mol. The molecule has 98 valence electrons. The Morgan fingerprint density at radius 2 is 2.00 bits per heavy atom. The van der Waals surface area contributed by atoms with E-state index in [1.165, 1.54) is 0 Å². The molecule has 9 heteroatoms. The van der Waals surface area contributed by atoms with Gasteiger partial charge in [-0.2, -0.15) is 13.2 Å². The molecule has 0 heterocycles. The highest BCUT2D eigenvalue weighted by Crippen LogP contribution is 2.38. The predicted molar refractivity (Wildman–Crippen MR) is 54.4 cm³/mol. The monoisotopic (exact) mass is 283 g/mol. The van der Waals surface area contributed by atoms with Crippen molar-refractivity contribution < 1.29 is 27.6 Å². The van der Waals surface area contributed by atoms with Gasteiger partial charge in [-0.1, -0.05) is 11.6 Å². The van der Waals surface area contributed by atoms with Crippen LogP contribution in [0, 0.1) is 10.1 Å². The molecule has 0 spiro atoms. The fraction of sp³-hybridized carbons (Fsp3) is 0.222. The summed E-state index contributed by atoms with van der Waals surface area (Å²) in [6.45, 7) is 0. The van der Waals surface area contributed by atoms with Crippen molar-refractivity contribution in [3.05, 3.63) is 38.4 Å². The summed E-state index contributed by atoms with van der Waals surface area (Å²) in [5.74, 6) is -1.25. The molecule has 5 nitrogen and oxygen atoms in total. The van der Waals surface area contributed by atoms with E-state index in [9.17, 15) is 28.1 Å². The van der Waals surface area contributed by atoms with E-state index in [2.05, 4.69) is 4.74 Å². The van der Waals surface area contributed by atoms with E-state index in [-0.39, 0.29) is 0 Å². The van der Waals surface area contributed by atoms with Crippen LogP contribution in [-0.4, -0.2) is 18.0 Å². The number of hydrogen-bond donors (Lipinski definition) is 0. The van der Waals surface area contributed by atoms with Crippen LogP contribution >= 0.6 is 11.6 Å². The summed E-state index contributed by atoms with van der Waals surface area (Å²) in [4.78, 5) is 20.8. The number of hydrogen-bond acceptors (Lipinski definition) is 4. The Morgan fingerprint density at radius 3 is 2.39 bits per heavy atom. The highest BCUT2D eigenvalue weighted by atomic mass is 35.5. The number of methoxy groups -OCH3 is 1. The molecule has 1 aromatic rings. The molecule has 0 N–H and O–H groups in total. The first-order valence-electron chi connectivity index (χ1n) is 4.32. The zero-order chi connectivity index (χ0) is 14.1. The number of rotatable bonds is 2. The molecule has 0 aliphatic heterocycles. The molecule has 18 heavy (non-hydrogen) atoms. The molecule has 0 aromatic heterocycles. The fourth-order valence-electron chi connectivity index (χ4n) is 1.20. The summed E-state index contributed by atoms with van der Waals surface area (Å²) in [6, 6.07) is 0.767. The maximum absolute atomic E-state index is 12.5. The Kier molecular flexibility index (Phi) is 3.80. The van der Waals surface area contributed by atoms with Crippen LogP contribution in [0.2, 0.25) is 5.02 Å². The van der Waals surface area contributed by atoms with Crippen molar-refractivity contribution in [2.75, 3.05) is 7.11 Å². The van der Waals surface area contributed by atoms with Gasteiger partial charge in [0.15, 0.2) is 0 Å². The molecule has 0 fully saturated rings. The first-order valence-corrected chi connectivity index (χ1v) is 4.69. The lowest BCUT2D eigenvalue weighted by Gasteiger charge is -2.10. The Hall–Kier alpha value is -1.83. The molecule has 0 atom stereocenters. The first kappa shape index (κ1) is 14.2. The Bertz CT molecular complexity index is 515. The average Bonchev–Trinajstić information content (AvgIpc) is 2.25. The Balaban J connectivity index is 3.56. The topological polar surface area (TPSA) is 69.4 Å². The minimum absolute atomic E-state index is 0.298. The van der Waals surface area contributed by atoms with Gasteiger partial charge in [-0.05, 0) is 6.07 Å². The predicted octanol–water partition coefficient (Wildman–Crippen LogP) is 3.05. The molecule has 0 amide bonds. The summed E-state index contributed by atoms with van der Waals surface area (Å²) in [7, 11) is 0.897. The third-order valence-corrected chi connectivity index (χ3v) is 2.31. The highest BCUT2D eigenvalue weighted by Gasteiger charge is 2.36. The van der Waals surface area contributed by atoms with Gasteiger partial charge in [0, 0.05) is 6.07 Å². The van der Waals surface area contributed by atoms with Gasteiger partial charge in [-0.25, -0.2) is 4.79 Å². The number of benzene rings is 1. The van der Waals surface area contributed by atoms with E-state index < -0.39 is 38.9 Å². The van der Waals surface area contributed by atoms with Crippen LogP contribution in [0.5, 0.6) is 0 Å². The minimum Gasteiger partial charge on any atom is -0.465 e. The number of halogens is 4. The Morgan fingerprint density at radius 1 is 1.44 bits per heavy atom. The number of alkyl halides is 3. The van der Waals surface area contributed by atoms with Crippen LogP contribution in [0.4, 0.5) is 18.9 Å². The van der Waals surface area contributed by atoms with E-state index >= 15 is 0 Å². The van der Waals surface area contributed by atoms with Crippen LogP contribution in [0.15, 0.2) is 12.1 Å². The van der Waals surface area contributed by atoms with Crippen molar-refractivity contribution in [3.63, 3.8) is 0 Å². The van der Waals surface area contributed by atoms with E-state index in [1.807, 2.05) is 0 Å². The molecule has 0 aliphatic rings. The number of nitro benzene ring substituents is 1. The van der Waals surface area contributed by atoms with Gasteiger partial charge in [-0.15, -0.1) is 0 Å². The van der Waals surface area contributed by atoms with Crippen molar-refractivity contribution in [2.45, 2.75) is 6.18 Å². The van der Waals surface area contributed by atoms with Gasteiger partial charge in [0.25, 0.3) is 5.69 Å². The third kappa shape index (κ3) is 2.70. The zero-order valence-corrected chi connectivity index (χ0v) is 9.50. The standard InChI is InChI=1S/C9H5ClF3NO4/c1-18-8(15)4-2-5(9(11,12)13)6(10)3-7(4)14(16)17/h2-3H,1H3. The molecule has 1 aromatic carbocycles. The lowest BCUT2D eigenvalue weighted by atomic mass is 10.1. The second-order valence-corrected chi connectivity index (χ2v) is 3.50. The Labute approximate surface area is 103 Å². The SMILES string of the molecule is COC(=O)c1cc(C(F)(F)F)c(Cl)cc1[N+](=O)[O-]. The van der Waals surface area contributed by atoms with Crippen molar-refractivity contribution in [1.29, 1.82) is 0 Å². The summed E-state index contributed by atoms with van der Waals surface area (Å²) in [5.41, 5.74) is -2.99. The van der Waals surface area contributed by atoms with Gasteiger partial charge >= 0.3 is 12.1 Å². The van der Waals surface area contributed by atoms with Gasteiger partial charge in [0.2, 0.25) is 0 Å². The van der Waals surface area contributed by atoms with Crippen LogP contribution in [0.3, 0.4) is 0 Å². The number of carbonyl (C=O) groups is 1. The van der Waals surface area contributed by atoms with Crippen molar-refractivity contribution >= 4 is 23.3 Å². The largest absolute Gasteiger partial charge is 0.465 e. The van der Waals surface area contributed by atoms with Crippen LogP contribution in [0.25, 0.3) is 0 Å². The van der Waals surface area contributed by atoms with Gasteiger partial charge in [0.1, 0.15) is 5.56 Å². The van der Waals surface area contributed by atoms with Crippen molar-refractivity contribution in [2.24, 2.45) is 0 Å². The number of nitrogens with zero attached hydrogens (tertiary/aromatic N) is 1.